The Morgan fingerprint density at radius 2 is 0.792 bits per heavy atom. The SMILES string of the molecule is O=[N+]([O-])C1([N+](=O)[O-])COC(C2OCC([N+](=O)[O-])([N+](=O)[O-])CO2)OC1. The van der Waals surface area contributed by atoms with Crippen LogP contribution in [0.1, 0.15) is 0 Å². The van der Waals surface area contributed by atoms with E-state index in [1.165, 1.54) is 0 Å². The van der Waals surface area contributed by atoms with Gasteiger partial charge in [-0.25, -0.2) is 0 Å². The third-order valence-electron chi connectivity index (χ3n) is 3.50. The molecule has 0 atom stereocenters. The largest absolute Gasteiger partial charge is 0.503 e. The molecule has 0 bridgehead atoms. The first-order valence-electron chi connectivity index (χ1n) is 6.20. The van der Waals surface area contributed by atoms with Gasteiger partial charge in [0.25, 0.3) is 0 Å². The van der Waals surface area contributed by atoms with Crippen molar-refractivity contribution in [3.05, 3.63) is 40.5 Å². The van der Waals surface area contributed by atoms with Crippen LogP contribution >= 0.6 is 0 Å². The van der Waals surface area contributed by atoms with E-state index in [1.807, 2.05) is 0 Å². The highest BCUT2D eigenvalue weighted by Crippen LogP contribution is 2.27. The minimum absolute atomic E-state index is 0.962. The number of rotatable bonds is 5. The summed E-state index contributed by atoms with van der Waals surface area (Å²) in [5, 5.41) is 43.3. The van der Waals surface area contributed by atoms with Crippen molar-refractivity contribution in [2.75, 3.05) is 26.4 Å². The highest BCUT2D eigenvalue weighted by Gasteiger charge is 2.64. The molecule has 0 spiro atoms. The Balaban J connectivity index is 2.00. The molecule has 24 heavy (non-hydrogen) atoms. The maximum atomic E-state index is 10.8. The van der Waals surface area contributed by atoms with Crippen LogP contribution in [-0.2, 0) is 18.9 Å². The summed E-state index contributed by atoms with van der Waals surface area (Å²) >= 11 is 0. The Morgan fingerprint density at radius 3 is 0.958 bits per heavy atom. The second-order valence-electron chi connectivity index (χ2n) is 4.97. The van der Waals surface area contributed by atoms with Gasteiger partial charge in [-0.2, -0.15) is 0 Å². The molecule has 0 aromatic heterocycles. The van der Waals surface area contributed by atoms with E-state index in [1.54, 1.807) is 0 Å². The first-order chi connectivity index (χ1) is 11.2. The maximum Gasteiger partial charge on any atom is 0.503 e. The fraction of sp³-hybridized carbons (Fsp3) is 1.00. The number of nitro groups is 4. The third kappa shape index (κ3) is 2.70. The van der Waals surface area contributed by atoms with Crippen molar-refractivity contribution in [1.29, 1.82) is 0 Å². The third-order valence-corrected chi connectivity index (χ3v) is 3.50. The molecule has 0 amide bonds. The quantitative estimate of drug-likeness (QED) is 0.305. The fourth-order valence-corrected chi connectivity index (χ4v) is 1.91. The summed E-state index contributed by atoms with van der Waals surface area (Å²) in [4.78, 5) is 38.6. The molecule has 0 saturated carbocycles. The van der Waals surface area contributed by atoms with Gasteiger partial charge in [-0.1, -0.05) is 0 Å². The number of nitrogens with zero attached hydrogens (tertiary/aromatic N) is 4. The Morgan fingerprint density at radius 1 is 0.583 bits per heavy atom. The molecule has 2 heterocycles. The Hall–Kier alpha value is -2.56. The molecular weight excluding hydrogens is 344 g/mol. The lowest BCUT2D eigenvalue weighted by molar-refractivity contribution is -0.813. The van der Waals surface area contributed by atoms with Crippen molar-refractivity contribution < 1.29 is 38.6 Å². The van der Waals surface area contributed by atoms with Crippen molar-refractivity contribution in [3.63, 3.8) is 0 Å². The molecule has 16 heteroatoms. The standard InChI is InChI=1S/C8H10N4O12/c13-9(14)7(10(15)16)1-21-5(22-2-7)6-23-3-8(4-24-6,11(17)18)12(19)20/h5-6H,1-4H2. The highest BCUT2D eigenvalue weighted by molar-refractivity contribution is 4.76. The first kappa shape index (κ1) is 17.8. The van der Waals surface area contributed by atoms with Crippen LogP contribution in [0.3, 0.4) is 0 Å². The topological polar surface area (TPSA) is 209 Å². The average Bonchev–Trinajstić information content (AvgIpc) is 2.54. The van der Waals surface area contributed by atoms with Crippen molar-refractivity contribution in [2.24, 2.45) is 0 Å². The van der Waals surface area contributed by atoms with Crippen LogP contribution in [0, 0.1) is 40.5 Å². The molecule has 16 nitrogen and oxygen atoms in total. The van der Waals surface area contributed by atoms with Crippen LogP contribution in [0.25, 0.3) is 0 Å². The second kappa shape index (κ2) is 6.15. The highest BCUT2D eigenvalue weighted by atomic mass is 16.8. The summed E-state index contributed by atoms with van der Waals surface area (Å²) < 4.78 is 19.4. The van der Waals surface area contributed by atoms with Crippen LogP contribution in [0.15, 0.2) is 0 Å². The molecule has 2 saturated heterocycles. The summed E-state index contributed by atoms with van der Waals surface area (Å²) in [6.45, 7) is -3.85. The normalized spacial score (nSPS) is 24.2. The van der Waals surface area contributed by atoms with Gasteiger partial charge in [0.15, 0.2) is 26.4 Å². The van der Waals surface area contributed by atoms with E-state index < -0.39 is 70.0 Å². The summed E-state index contributed by atoms with van der Waals surface area (Å²) in [6, 6.07) is 0. The van der Waals surface area contributed by atoms with Crippen molar-refractivity contribution in [3.8, 4) is 0 Å². The van der Waals surface area contributed by atoms with E-state index in [0.29, 0.717) is 0 Å². The van der Waals surface area contributed by atoms with Gasteiger partial charge in [-0.3, -0.25) is 40.5 Å². The van der Waals surface area contributed by atoms with Crippen LogP contribution in [0.4, 0.5) is 0 Å². The van der Waals surface area contributed by atoms with E-state index in [4.69, 9.17) is 18.9 Å². The molecule has 0 aliphatic carbocycles. The molecular formula is C8H10N4O12. The summed E-state index contributed by atoms with van der Waals surface area (Å²) in [5.41, 5.74) is -5.40. The van der Waals surface area contributed by atoms with Crippen molar-refractivity contribution >= 4 is 0 Å². The molecule has 0 radical (unpaired) electrons. The summed E-state index contributed by atoms with van der Waals surface area (Å²) in [7, 11) is 0. The molecule has 0 N–H and O–H groups in total. The van der Waals surface area contributed by atoms with E-state index >= 15 is 0 Å². The van der Waals surface area contributed by atoms with E-state index in [0.717, 1.165) is 0 Å². The van der Waals surface area contributed by atoms with Gasteiger partial charge in [-0.05, 0) is 0 Å². The Bertz CT molecular complexity index is 481. The number of hydrogen-bond donors (Lipinski definition) is 0. The molecule has 2 aliphatic rings. The smallest absolute Gasteiger partial charge is 0.332 e. The number of hydrogen-bond acceptors (Lipinski definition) is 12. The van der Waals surface area contributed by atoms with Crippen LogP contribution < -0.4 is 0 Å². The monoisotopic (exact) mass is 354 g/mol. The van der Waals surface area contributed by atoms with E-state index in [-0.39, 0.29) is 0 Å². The molecule has 2 rings (SSSR count). The van der Waals surface area contributed by atoms with Crippen LogP contribution in [-0.4, -0.2) is 70.0 Å². The average molecular weight is 354 g/mol. The first-order valence-corrected chi connectivity index (χ1v) is 6.20. The maximum absolute atomic E-state index is 10.8. The van der Waals surface area contributed by atoms with Gasteiger partial charge in [0.1, 0.15) is 19.7 Å². The predicted molar refractivity (Wildman–Crippen MR) is 64.8 cm³/mol. The van der Waals surface area contributed by atoms with Crippen LogP contribution in [0.5, 0.6) is 0 Å². The zero-order valence-corrected chi connectivity index (χ0v) is 11.7. The minimum Gasteiger partial charge on any atom is -0.332 e. The van der Waals surface area contributed by atoms with Gasteiger partial charge in [0, 0.05) is 0 Å². The van der Waals surface area contributed by atoms with Gasteiger partial charge in [-0.15, -0.1) is 0 Å². The van der Waals surface area contributed by atoms with E-state index in [2.05, 4.69) is 0 Å². The van der Waals surface area contributed by atoms with Crippen molar-refractivity contribution in [2.45, 2.75) is 23.9 Å². The zero-order chi connectivity index (χ0) is 18.1. The molecule has 0 aromatic carbocycles. The molecule has 0 aromatic rings. The lowest BCUT2D eigenvalue weighted by Crippen LogP contribution is -2.63. The molecule has 134 valence electrons. The summed E-state index contributed by atoms with van der Waals surface area (Å²) in [6.07, 6.45) is -2.93. The lowest BCUT2D eigenvalue weighted by Gasteiger charge is -2.35. The van der Waals surface area contributed by atoms with Crippen LogP contribution in [0.2, 0.25) is 0 Å². The Labute approximate surface area is 130 Å². The van der Waals surface area contributed by atoms with Gasteiger partial charge < -0.3 is 18.9 Å². The van der Waals surface area contributed by atoms with E-state index in [9.17, 15) is 40.5 Å². The summed E-state index contributed by atoms with van der Waals surface area (Å²) in [5.74, 6) is 0. The van der Waals surface area contributed by atoms with Crippen molar-refractivity contribution in [1.82, 2.24) is 0 Å². The predicted octanol–water partition coefficient (Wildman–Crippen LogP) is -1.77. The van der Waals surface area contributed by atoms with Gasteiger partial charge in [0.2, 0.25) is 12.6 Å². The second-order valence-corrected chi connectivity index (χ2v) is 4.97. The lowest BCUT2D eigenvalue weighted by atomic mass is 10.2. The molecule has 2 aliphatic heterocycles. The van der Waals surface area contributed by atoms with Gasteiger partial charge >= 0.3 is 11.3 Å². The fourth-order valence-electron chi connectivity index (χ4n) is 1.91. The molecule has 2 fully saturated rings. The minimum atomic E-state index is -2.70. The number of ether oxygens (including phenoxy) is 4. The zero-order valence-electron chi connectivity index (χ0n) is 11.7. The van der Waals surface area contributed by atoms with Gasteiger partial charge in [0.05, 0.1) is 0 Å². The Kier molecular flexibility index (Phi) is 4.56. The molecule has 0 unspecified atom stereocenters.